The van der Waals surface area contributed by atoms with E-state index in [1.807, 2.05) is 19.2 Å². The van der Waals surface area contributed by atoms with E-state index in [-0.39, 0.29) is 0 Å². The predicted molar refractivity (Wildman–Crippen MR) is 73.8 cm³/mol. The molecule has 2 heterocycles. The van der Waals surface area contributed by atoms with Gasteiger partial charge >= 0.3 is 0 Å². The van der Waals surface area contributed by atoms with Crippen LogP contribution in [0.3, 0.4) is 0 Å². The zero-order valence-corrected chi connectivity index (χ0v) is 11.5. The van der Waals surface area contributed by atoms with Crippen LogP contribution in [0.25, 0.3) is 0 Å². The van der Waals surface area contributed by atoms with Crippen LogP contribution in [-0.4, -0.2) is 47.7 Å². The molecule has 18 heavy (non-hydrogen) atoms. The lowest BCUT2D eigenvalue weighted by molar-refractivity contribution is 0.169. The average molecular weight is 249 g/mol. The quantitative estimate of drug-likeness (QED) is 0.884. The van der Waals surface area contributed by atoms with Crippen molar-refractivity contribution >= 4 is 5.69 Å². The van der Waals surface area contributed by atoms with Crippen molar-refractivity contribution in [3.63, 3.8) is 0 Å². The average Bonchev–Trinajstić information content (AvgIpc) is 2.38. The molecule has 0 aliphatic carbocycles. The second kappa shape index (κ2) is 5.67. The van der Waals surface area contributed by atoms with Crippen molar-refractivity contribution in [1.29, 1.82) is 0 Å². The molecule has 0 amide bonds. The van der Waals surface area contributed by atoms with Crippen LogP contribution in [0.15, 0.2) is 18.3 Å². The van der Waals surface area contributed by atoms with E-state index in [1.54, 1.807) is 0 Å². The van der Waals surface area contributed by atoms with Crippen LogP contribution in [-0.2, 0) is 0 Å². The third-order valence-electron chi connectivity index (χ3n) is 3.66. The number of nitrogens with zero attached hydrogens (tertiary/aromatic N) is 3. The van der Waals surface area contributed by atoms with E-state index >= 15 is 0 Å². The van der Waals surface area contributed by atoms with Gasteiger partial charge < -0.3 is 14.9 Å². The van der Waals surface area contributed by atoms with Gasteiger partial charge in [-0.15, -0.1) is 0 Å². The highest BCUT2D eigenvalue weighted by atomic mass is 16.3. The monoisotopic (exact) mass is 249 g/mol. The van der Waals surface area contributed by atoms with Crippen LogP contribution < -0.4 is 4.90 Å². The smallest absolute Gasteiger partial charge is 0.0957 e. The summed E-state index contributed by atoms with van der Waals surface area (Å²) in [5.41, 5.74) is 1.92. The zero-order chi connectivity index (χ0) is 13.1. The van der Waals surface area contributed by atoms with Crippen LogP contribution >= 0.6 is 0 Å². The normalized spacial score (nSPS) is 23.1. The summed E-state index contributed by atoms with van der Waals surface area (Å²) < 4.78 is 0. The molecule has 0 spiro atoms. The lowest BCUT2D eigenvalue weighted by atomic mass is 10.1. The van der Waals surface area contributed by atoms with Crippen LogP contribution in [0.2, 0.25) is 0 Å². The molecule has 1 N–H and O–H groups in total. The second-order valence-corrected chi connectivity index (χ2v) is 5.17. The maximum atomic E-state index is 9.73. The maximum absolute atomic E-state index is 9.73. The molecule has 0 bridgehead atoms. The number of aromatic nitrogens is 1. The van der Waals surface area contributed by atoms with E-state index in [1.165, 1.54) is 0 Å². The Morgan fingerprint density at radius 1 is 1.44 bits per heavy atom. The zero-order valence-electron chi connectivity index (χ0n) is 11.5. The van der Waals surface area contributed by atoms with Crippen molar-refractivity contribution in [2.75, 3.05) is 31.6 Å². The number of likely N-dealkylation sites (N-methyl/N-ethyl adjacent to an activating group) is 1. The molecule has 1 saturated heterocycles. The summed E-state index contributed by atoms with van der Waals surface area (Å²) in [6.45, 7) is 7.41. The number of anilines is 1. The minimum absolute atomic E-state index is 0.441. The molecule has 1 fully saturated rings. The molecular formula is C14H23N3O. The van der Waals surface area contributed by atoms with Gasteiger partial charge in [0, 0.05) is 25.7 Å². The topological polar surface area (TPSA) is 39.6 Å². The van der Waals surface area contributed by atoms with Gasteiger partial charge in [0.1, 0.15) is 0 Å². The largest absolute Gasteiger partial charge is 0.387 e. The molecule has 1 aromatic rings. The Morgan fingerprint density at radius 3 is 2.78 bits per heavy atom. The molecule has 0 radical (unpaired) electrons. The van der Waals surface area contributed by atoms with E-state index in [0.29, 0.717) is 12.5 Å². The second-order valence-electron chi connectivity index (χ2n) is 5.17. The molecule has 1 aliphatic heterocycles. The highest BCUT2D eigenvalue weighted by molar-refractivity contribution is 5.46. The number of rotatable bonds is 3. The summed E-state index contributed by atoms with van der Waals surface area (Å²) >= 11 is 0. The summed E-state index contributed by atoms with van der Waals surface area (Å²) in [5, 5.41) is 9.73. The van der Waals surface area contributed by atoms with Gasteiger partial charge in [0.15, 0.2) is 0 Å². The Kier molecular flexibility index (Phi) is 4.19. The van der Waals surface area contributed by atoms with Gasteiger partial charge in [-0.2, -0.15) is 0 Å². The minimum atomic E-state index is -0.441. The first-order chi connectivity index (χ1) is 8.61. The van der Waals surface area contributed by atoms with Gasteiger partial charge in [-0.05, 0) is 32.5 Å². The van der Waals surface area contributed by atoms with Crippen molar-refractivity contribution < 1.29 is 5.11 Å². The Morgan fingerprint density at radius 2 is 2.22 bits per heavy atom. The van der Waals surface area contributed by atoms with Gasteiger partial charge in [-0.1, -0.05) is 6.92 Å². The molecule has 4 nitrogen and oxygen atoms in total. The van der Waals surface area contributed by atoms with E-state index in [9.17, 15) is 5.11 Å². The fraction of sp³-hybridized carbons (Fsp3) is 0.643. The highest BCUT2D eigenvalue weighted by Gasteiger charge is 2.21. The van der Waals surface area contributed by atoms with Gasteiger partial charge in [-0.25, -0.2) is 0 Å². The fourth-order valence-corrected chi connectivity index (χ4v) is 2.50. The number of hydrogen-bond donors (Lipinski definition) is 1. The van der Waals surface area contributed by atoms with Gasteiger partial charge in [0.25, 0.3) is 0 Å². The standard InChI is InChI=1S/C14H23N3O/c1-4-14(18)13-6-5-12(9-15-13)17-8-7-16(3)10-11(17)2/h5-6,9,11,14,18H,4,7-8,10H2,1-3H3/t11?,14-/m0/s1. The third kappa shape index (κ3) is 2.82. The molecule has 2 atom stereocenters. The minimum Gasteiger partial charge on any atom is -0.387 e. The van der Waals surface area contributed by atoms with Crippen molar-refractivity contribution in [2.45, 2.75) is 32.4 Å². The van der Waals surface area contributed by atoms with Crippen LogP contribution in [0.4, 0.5) is 5.69 Å². The fourth-order valence-electron chi connectivity index (χ4n) is 2.50. The number of aliphatic hydroxyl groups excluding tert-OH is 1. The molecule has 0 aromatic carbocycles. The van der Waals surface area contributed by atoms with Gasteiger partial charge in [-0.3, -0.25) is 4.98 Å². The Labute approximate surface area is 109 Å². The molecule has 4 heteroatoms. The first-order valence-corrected chi connectivity index (χ1v) is 6.71. The van der Waals surface area contributed by atoms with E-state index in [0.717, 1.165) is 31.0 Å². The van der Waals surface area contributed by atoms with Gasteiger partial charge in [0.2, 0.25) is 0 Å². The lowest BCUT2D eigenvalue weighted by Gasteiger charge is -2.39. The summed E-state index contributed by atoms with van der Waals surface area (Å²) in [6.07, 6.45) is 2.15. The number of pyridine rings is 1. The molecule has 1 aliphatic rings. The molecule has 1 aromatic heterocycles. The van der Waals surface area contributed by atoms with Crippen LogP contribution in [0.5, 0.6) is 0 Å². The summed E-state index contributed by atoms with van der Waals surface area (Å²) in [6, 6.07) is 4.52. The number of hydrogen-bond acceptors (Lipinski definition) is 4. The molecule has 1 unspecified atom stereocenters. The van der Waals surface area contributed by atoms with Crippen molar-refractivity contribution in [1.82, 2.24) is 9.88 Å². The number of piperazine rings is 1. The lowest BCUT2D eigenvalue weighted by Crippen LogP contribution is -2.50. The van der Waals surface area contributed by atoms with Crippen molar-refractivity contribution in [2.24, 2.45) is 0 Å². The summed E-state index contributed by atoms with van der Waals surface area (Å²) in [7, 11) is 2.16. The maximum Gasteiger partial charge on any atom is 0.0957 e. The van der Waals surface area contributed by atoms with Crippen LogP contribution in [0.1, 0.15) is 32.1 Å². The summed E-state index contributed by atoms with van der Waals surface area (Å²) in [4.78, 5) is 9.11. The van der Waals surface area contributed by atoms with E-state index in [4.69, 9.17) is 0 Å². The highest BCUT2D eigenvalue weighted by Crippen LogP contribution is 2.21. The van der Waals surface area contributed by atoms with Crippen molar-refractivity contribution in [3.8, 4) is 0 Å². The van der Waals surface area contributed by atoms with Crippen LogP contribution in [0, 0.1) is 0 Å². The Balaban J connectivity index is 2.09. The van der Waals surface area contributed by atoms with E-state index in [2.05, 4.69) is 34.8 Å². The Hall–Kier alpha value is -1.13. The molecule has 100 valence electrons. The van der Waals surface area contributed by atoms with Crippen molar-refractivity contribution in [3.05, 3.63) is 24.0 Å². The summed E-state index contributed by atoms with van der Waals surface area (Å²) in [5.74, 6) is 0. The molecule has 2 rings (SSSR count). The third-order valence-corrected chi connectivity index (χ3v) is 3.66. The predicted octanol–water partition coefficient (Wildman–Crippen LogP) is 1.67. The first-order valence-electron chi connectivity index (χ1n) is 6.71. The molecule has 0 saturated carbocycles. The van der Waals surface area contributed by atoms with E-state index < -0.39 is 6.10 Å². The first kappa shape index (κ1) is 13.3. The number of aliphatic hydroxyl groups is 1. The SMILES string of the molecule is CC[C@H](O)c1ccc(N2CCN(C)CC2C)cn1. The molecular weight excluding hydrogens is 226 g/mol. The van der Waals surface area contributed by atoms with Gasteiger partial charge in [0.05, 0.1) is 23.7 Å². The Bertz CT molecular complexity index is 379.